The molecule has 0 saturated heterocycles. The molecular formula is C14H18N4OS. The Morgan fingerprint density at radius 2 is 2.00 bits per heavy atom. The Labute approximate surface area is 122 Å². The molecular weight excluding hydrogens is 272 g/mol. The van der Waals surface area contributed by atoms with E-state index in [1.165, 1.54) is 0 Å². The zero-order valence-corrected chi connectivity index (χ0v) is 12.6. The van der Waals surface area contributed by atoms with Crippen LogP contribution >= 0.6 is 11.5 Å². The van der Waals surface area contributed by atoms with E-state index in [-0.39, 0.29) is 11.8 Å². The third kappa shape index (κ3) is 2.80. The first kappa shape index (κ1) is 14.5. The van der Waals surface area contributed by atoms with Crippen LogP contribution in [0.25, 0.3) is 0 Å². The van der Waals surface area contributed by atoms with E-state index in [1.807, 2.05) is 32.9 Å². The number of hydrogen-bond donors (Lipinski definition) is 1. The number of nitrogens with zero attached hydrogens (tertiary/aromatic N) is 3. The number of anilines is 2. The topological polar surface area (TPSA) is 72.1 Å². The summed E-state index contributed by atoms with van der Waals surface area (Å²) in [5, 5.41) is 4.06. The molecule has 106 valence electrons. The second-order valence-electron chi connectivity index (χ2n) is 4.78. The summed E-state index contributed by atoms with van der Waals surface area (Å²) in [5.74, 6) is 0.119. The summed E-state index contributed by atoms with van der Waals surface area (Å²) in [4.78, 5) is 15.0. The number of carbonyl (C=O) groups is 1. The Kier molecular flexibility index (Phi) is 4.34. The maximum absolute atomic E-state index is 12.7. The van der Waals surface area contributed by atoms with Crippen LogP contribution in [0.1, 0.15) is 42.1 Å². The Balaban J connectivity index is 2.34. The first-order valence-electron chi connectivity index (χ1n) is 6.54. The van der Waals surface area contributed by atoms with Crippen molar-refractivity contribution in [3.05, 3.63) is 34.8 Å². The van der Waals surface area contributed by atoms with Crippen LogP contribution in [0.2, 0.25) is 0 Å². The van der Waals surface area contributed by atoms with Crippen LogP contribution in [-0.2, 0) is 0 Å². The van der Waals surface area contributed by atoms with Gasteiger partial charge in [0.2, 0.25) is 0 Å². The van der Waals surface area contributed by atoms with Gasteiger partial charge in [0.15, 0.2) is 0 Å². The maximum Gasteiger partial charge on any atom is 0.271 e. The minimum absolute atomic E-state index is 0.0593. The molecule has 0 aliphatic carbocycles. The van der Waals surface area contributed by atoms with Crippen molar-refractivity contribution in [2.45, 2.75) is 26.7 Å². The lowest BCUT2D eigenvalue weighted by molar-refractivity contribution is 0.0991. The monoisotopic (exact) mass is 290 g/mol. The number of hydrogen-bond acceptors (Lipinski definition) is 5. The largest absolute Gasteiger partial charge is 0.399 e. The number of carbonyl (C=O) groups excluding carboxylic acids is 1. The summed E-state index contributed by atoms with van der Waals surface area (Å²) in [6.45, 7) is 6.54. The number of nitrogen functional groups attached to an aromatic ring is 1. The van der Waals surface area contributed by atoms with E-state index in [0.717, 1.165) is 22.9 Å². The summed E-state index contributed by atoms with van der Waals surface area (Å²) in [5.41, 5.74) is 7.95. The van der Waals surface area contributed by atoms with Gasteiger partial charge in [-0.3, -0.25) is 4.79 Å². The predicted octanol–water partition coefficient (Wildman–Crippen LogP) is 2.91. The second kappa shape index (κ2) is 6.00. The van der Waals surface area contributed by atoms with Crippen molar-refractivity contribution in [2.24, 2.45) is 0 Å². The number of aromatic nitrogens is 2. The highest BCUT2D eigenvalue weighted by molar-refractivity contribution is 7.08. The number of amides is 1. The smallest absolute Gasteiger partial charge is 0.271 e. The van der Waals surface area contributed by atoms with Crippen LogP contribution in [-0.4, -0.2) is 22.0 Å². The van der Waals surface area contributed by atoms with Crippen molar-refractivity contribution in [3.8, 4) is 0 Å². The van der Waals surface area contributed by atoms with E-state index in [4.69, 9.17) is 5.73 Å². The van der Waals surface area contributed by atoms with Gasteiger partial charge in [0.25, 0.3) is 5.91 Å². The molecule has 5 nitrogen and oxygen atoms in total. The van der Waals surface area contributed by atoms with Gasteiger partial charge >= 0.3 is 0 Å². The predicted molar refractivity (Wildman–Crippen MR) is 82.2 cm³/mol. The van der Waals surface area contributed by atoms with Crippen molar-refractivity contribution in [3.63, 3.8) is 0 Å². The number of nitrogens with two attached hydrogens (primary N) is 1. The molecule has 0 saturated carbocycles. The SMILES string of the molecule is CCN(C(=O)c1snnc1C(C)C)c1ccc(N)cc1. The van der Waals surface area contributed by atoms with Gasteiger partial charge in [0.05, 0.1) is 5.69 Å². The highest BCUT2D eigenvalue weighted by Crippen LogP contribution is 2.24. The zero-order chi connectivity index (χ0) is 14.7. The molecule has 2 N–H and O–H groups in total. The van der Waals surface area contributed by atoms with E-state index in [0.29, 0.717) is 17.1 Å². The molecule has 6 heteroatoms. The van der Waals surface area contributed by atoms with Crippen LogP contribution in [0, 0.1) is 0 Å². The summed E-state index contributed by atoms with van der Waals surface area (Å²) in [6, 6.07) is 7.28. The van der Waals surface area contributed by atoms with Crippen LogP contribution in [0.5, 0.6) is 0 Å². The van der Waals surface area contributed by atoms with E-state index in [2.05, 4.69) is 9.59 Å². The molecule has 2 aromatic rings. The standard InChI is InChI=1S/C14H18N4OS/c1-4-18(11-7-5-10(15)6-8-11)14(19)13-12(9(2)3)16-17-20-13/h5-9H,4,15H2,1-3H3. The molecule has 0 bridgehead atoms. The lowest BCUT2D eigenvalue weighted by Gasteiger charge is -2.21. The molecule has 0 atom stereocenters. The Morgan fingerprint density at radius 3 is 2.55 bits per heavy atom. The van der Waals surface area contributed by atoms with Crippen LogP contribution in [0.4, 0.5) is 11.4 Å². The van der Waals surface area contributed by atoms with Gasteiger partial charge in [-0.25, -0.2) is 0 Å². The molecule has 1 aromatic carbocycles. The molecule has 2 rings (SSSR count). The fourth-order valence-electron chi connectivity index (χ4n) is 1.94. The van der Waals surface area contributed by atoms with Crippen molar-refractivity contribution >= 4 is 28.8 Å². The first-order chi connectivity index (χ1) is 9.54. The molecule has 0 aliphatic rings. The normalized spacial score (nSPS) is 10.8. The lowest BCUT2D eigenvalue weighted by atomic mass is 10.1. The lowest BCUT2D eigenvalue weighted by Crippen LogP contribution is -2.30. The van der Waals surface area contributed by atoms with Gasteiger partial charge in [-0.1, -0.05) is 18.3 Å². The highest BCUT2D eigenvalue weighted by Gasteiger charge is 2.23. The van der Waals surface area contributed by atoms with E-state index < -0.39 is 0 Å². The molecule has 0 radical (unpaired) electrons. The molecule has 0 aliphatic heterocycles. The van der Waals surface area contributed by atoms with Crippen LogP contribution in [0.3, 0.4) is 0 Å². The van der Waals surface area contributed by atoms with Gasteiger partial charge in [-0.2, -0.15) is 0 Å². The Morgan fingerprint density at radius 1 is 1.35 bits per heavy atom. The summed E-state index contributed by atoms with van der Waals surface area (Å²) in [6.07, 6.45) is 0. The average Bonchev–Trinajstić information content (AvgIpc) is 2.91. The molecule has 20 heavy (non-hydrogen) atoms. The number of benzene rings is 1. The van der Waals surface area contributed by atoms with E-state index >= 15 is 0 Å². The minimum Gasteiger partial charge on any atom is -0.399 e. The Hall–Kier alpha value is -1.95. The third-order valence-corrected chi connectivity index (χ3v) is 3.75. The van der Waals surface area contributed by atoms with E-state index in [1.54, 1.807) is 17.0 Å². The average molecular weight is 290 g/mol. The van der Waals surface area contributed by atoms with Gasteiger partial charge < -0.3 is 10.6 Å². The van der Waals surface area contributed by atoms with Gasteiger partial charge in [-0.15, -0.1) is 5.10 Å². The second-order valence-corrected chi connectivity index (χ2v) is 5.54. The molecule has 0 fully saturated rings. The molecule has 0 spiro atoms. The van der Waals surface area contributed by atoms with Crippen molar-refractivity contribution in [1.29, 1.82) is 0 Å². The summed E-state index contributed by atoms with van der Waals surface area (Å²) < 4.78 is 3.91. The van der Waals surface area contributed by atoms with Gasteiger partial charge in [-0.05, 0) is 48.6 Å². The third-order valence-electron chi connectivity index (χ3n) is 3.02. The summed E-state index contributed by atoms with van der Waals surface area (Å²) in [7, 11) is 0. The number of rotatable bonds is 4. The van der Waals surface area contributed by atoms with Crippen molar-refractivity contribution in [1.82, 2.24) is 9.59 Å². The fraction of sp³-hybridized carbons (Fsp3) is 0.357. The van der Waals surface area contributed by atoms with Gasteiger partial charge in [0, 0.05) is 17.9 Å². The highest BCUT2D eigenvalue weighted by atomic mass is 32.1. The molecule has 1 amide bonds. The summed E-state index contributed by atoms with van der Waals surface area (Å²) >= 11 is 1.15. The van der Waals surface area contributed by atoms with Crippen LogP contribution < -0.4 is 10.6 Å². The molecule has 1 heterocycles. The fourth-order valence-corrected chi connectivity index (χ4v) is 2.71. The maximum atomic E-state index is 12.7. The van der Waals surface area contributed by atoms with Crippen molar-refractivity contribution in [2.75, 3.05) is 17.2 Å². The Bertz CT molecular complexity index is 591. The quantitative estimate of drug-likeness (QED) is 0.879. The van der Waals surface area contributed by atoms with Crippen molar-refractivity contribution < 1.29 is 4.79 Å². The van der Waals surface area contributed by atoms with Gasteiger partial charge in [0.1, 0.15) is 4.88 Å². The van der Waals surface area contributed by atoms with E-state index in [9.17, 15) is 4.79 Å². The minimum atomic E-state index is -0.0593. The van der Waals surface area contributed by atoms with Crippen LogP contribution in [0.15, 0.2) is 24.3 Å². The first-order valence-corrected chi connectivity index (χ1v) is 7.31. The molecule has 0 unspecified atom stereocenters. The zero-order valence-electron chi connectivity index (χ0n) is 11.8. The molecule has 1 aromatic heterocycles.